The van der Waals surface area contributed by atoms with Crippen LogP contribution >= 0.6 is 0 Å². The van der Waals surface area contributed by atoms with E-state index in [1.807, 2.05) is 0 Å². The molecule has 0 aromatic carbocycles. The summed E-state index contributed by atoms with van der Waals surface area (Å²) in [5, 5.41) is 12.8. The lowest BCUT2D eigenvalue weighted by Gasteiger charge is -2.08. The molecular formula is C13H13F3N2O4. The van der Waals surface area contributed by atoms with Gasteiger partial charge in [0.2, 0.25) is 5.88 Å². The Labute approximate surface area is 123 Å². The number of aliphatic hydroxyl groups excluding tert-OH is 1. The van der Waals surface area contributed by atoms with Crippen LogP contribution in [0, 0.1) is 0 Å². The minimum atomic E-state index is -4.86. The van der Waals surface area contributed by atoms with Gasteiger partial charge in [-0.05, 0) is 13.0 Å². The van der Waals surface area contributed by atoms with E-state index in [4.69, 9.17) is 4.74 Å². The second kappa shape index (κ2) is 5.84. The van der Waals surface area contributed by atoms with Crippen LogP contribution in [-0.2, 0) is 17.5 Å². The molecule has 0 amide bonds. The maximum atomic E-state index is 13.2. The van der Waals surface area contributed by atoms with Gasteiger partial charge < -0.3 is 14.6 Å². The summed E-state index contributed by atoms with van der Waals surface area (Å²) in [7, 11) is 1.26. The van der Waals surface area contributed by atoms with Gasteiger partial charge in [-0.2, -0.15) is 22.8 Å². The van der Waals surface area contributed by atoms with Gasteiger partial charge in [0.15, 0.2) is 5.69 Å². The summed E-state index contributed by atoms with van der Waals surface area (Å²) < 4.78 is 50.0. The molecular weight excluding hydrogens is 305 g/mol. The number of carbonyl (C=O) groups is 1. The van der Waals surface area contributed by atoms with Gasteiger partial charge >= 0.3 is 12.1 Å². The van der Waals surface area contributed by atoms with Gasteiger partial charge in [0.1, 0.15) is 5.56 Å². The molecule has 0 saturated heterocycles. The van der Waals surface area contributed by atoms with Crippen LogP contribution in [0.25, 0.3) is 5.52 Å². The molecule has 0 unspecified atom stereocenters. The molecule has 2 heterocycles. The molecule has 0 aliphatic carbocycles. The average Bonchev–Trinajstić information content (AvgIpc) is 2.87. The van der Waals surface area contributed by atoms with Crippen molar-refractivity contribution in [1.82, 2.24) is 9.61 Å². The minimum Gasteiger partial charge on any atom is -0.481 e. The third-order valence-corrected chi connectivity index (χ3v) is 2.95. The number of carbonyl (C=O) groups excluding carboxylic acids is 1. The summed E-state index contributed by atoms with van der Waals surface area (Å²) in [6, 6.07) is 2.71. The number of pyridine rings is 1. The van der Waals surface area contributed by atoms with Crippen LogP contribution in [0.4, 0.5) is 13.2 Å². The van der Waals surface area contributed by atoms with Crippen molar-refractivity contribution in [2.45, 2.75) is 19.7 Å². The molecule has 0 atom stereocenters. The number of rotatable bonds is 4. The molecule has 2 aromatic heterocycles. The van der Waals surface area contributed by atoms with Crippen LogP contribution in [0.15, 0.2) is 12.1 Å². The van der Waals surface area contributed by atoms with Crippen molar-refractivity contribution < 1.29 is 32.5 Å². The van der Waals surface area contributed by atoms with E-state index in [-0.39, 0.29) is 23.6 Å². The Morgan fingerprint density at radius 3 is 2.59 bits per heavy atom. The van der Waals surface area contributed by atoms with Gasteiger partial charge in [0.05, 0.1) is 25.8 Å². The summed E-state index contributed by atoms with van der Waals surface area (Å²) in [5.74, 6) is -1.17. The average molecular weight is 318 g/mol. The maximum absolute atomic E-state index is 13.2. The molecule has 0 fully saturated rings. The molecule has 9 heteroatoms. The first kappa shape index (κ1) is 16.1. The van der Waals surface area contributed by atoms with E-state index in [1.165, 1.54) is 26.2 Å². The van der Waals surface area contributed by atoms with Crippen LogP contribution in [0.5, 0.6) is 5.88 Å². The molecule has 0 radical (unpaired) electrons. The van der Waals surface area contributed by atoms with E-state index >= 15 is 0 Å². The molecule has 120 valence electrons. The van der Waals surface area contributed by atoms with Crippen LogP contribution in [0.3, 0.4) is 0 Å². The third-order valence-electron chi connectivity index (χ3n) is 2.95. The summed E-state index contributed by atoms with van der Waals surface area (Å²) in [5.41, 5.74) is -2.21. The van der Waals surface area contributed by atoms with E-state index in [2.05, 4.69) is 9.84 Å². The van der Waals surface area contributed by atoms with Gasteiger partial charge in [0.25, 0.3) is 0 Å². The fourth-order valence-corrected chi connectivity index (χ4v) is 2.07. The lowest BCUT2D eigenvalue weighted by molar-refractivity contribution is -0.141. The molecule has 0 aliphatic rings. The number of halogens is 3. The Bertz CT molecular complexity index is 709. The normalized spacial score (nSPS) is 11.7. The van der Waals surface area contributed by atoms with Gasteiger partial charge in [-0.15, -0.1) is 0 Å². The Kier molecular flexibility index (Phi) is 4.27. The minimum absolute atomic E-state index is 0.00625. The predicted octanol–water partition coefficient (Wildman–Crippen LogP) is 2.03. The number of aromatic nitrogens is 2. The zero-order valence-corrected chi connectivity index (χ0v) is 11.8. The zero-order valence-electron chi connectivity index (χ0n) is 11.8. The van der Waals surface area contributed by atoms with Crippen LogP contribution in [0.2, 0.25) is 0 Å². The van der Waals surface area contributed by atoms with Crippen molar-refractivity contribution >= 4 is 11.5 Å². The Morgan fingerprint density at radius 1 is 1.41 bits per heavy atom. The number of alkyl halides is 3. The molecule has 2 aromatic rings. The number of fused-ring (bicyclic) bond motifs is 1. The summed E-state index contributed by atoms with van der Waals surface area (Å²) in [6.45, 7) is 0.819. The zero-order chi connectivity index (χ0) is 16.5. The van der Waals surface area contributed by atoms with Gasteiger partial charge in [-0.25, -0.2) is 4.79 Å². The standard InChI is InChI=1S/C13H13F3N2O4/c1-3-22-12(20)9-10-7(6-19)4-5-8(21-2)18(10)17-11(9)13(14,15)16/h4-5,19H,3,6H2,1-2H3. The van der Waals surface area contributed by atoms with Crippen molar-refractivity contribution in [3.63, 3.8) is 0 Å². The van der Waals surface area contributed by atoms with Crippen molar-refractivity contribution in [2.75, 3.05) is 13.7 Å². The van der Waals surface area contributed by atoms with Gasteiger partial charge in [-0.3, -0.25) is 0 Å². The highest BCUT2D eigenvalue weighted by atomic mass is 19.4. The van der Waals surface area contributed by atoms with Crippen molar-refractivity contribution in [2.24, 2.45) is 0 Å². The molecule has 0 aliphatic heterocycles. The lowest BCUT2D eigenvalue weighted by Crippen LogP contribution is -2.14. The molecule has 6 nitrogen and oxygen atoms in total. The largest absolute Gasteiger partial charge is 0.481 e. The molecule has 0 spiro atoms. The number of esters is 1. The van der Waals surface area contributed by atoms with Gasteiger partial charge in [0, 0.05) is 11.6 Å². The third kappa shape index (κ3) is 2.59. The SMILES string of the molecule is CCOC(=O)c1c(C(F)(F)F)nn2c(OC)ccc(CO)c12. The summed E-state index contributed by atoms with van der Waals surface area (Å²) in [6.07, 6.45) is -4.86. The smallest absolute Gasteiger partial charge is 0.436 e. The maximum Gasteiger partial charge on any atom is 0.436 e. The summed E-state index contributed by atoms with van der Waals surface area (Å²) >= 11 is 0. The van der Waals surface area contributed by atoms with E-state index in [9.17, 15) is 23.1 Å². The molecule has 0 saturated carbocycles. The van der Waals surface area contributed by atoms with Gasteiger partial charge in [-0.1, -0.05) is 0 Å². The molecule has 2 rings (SSSR count). The molecule has 0 bridgehead atoms. The monoisotopic (exact) mass is 318 g/mol. The fraction of sp³-hybridized carbons (Fsp3) is 0.385. The summed E-state index contributed by atoms with van der Waals surface area (Å²) in [4.78, 5) is 12.0. The van der Waals surface area contributed by atoms with E-state index in [0.29, 0.717) is 0 Å². The number of nitrogens with zero attached hydrogens (tertiary/aromatic N) is 2. The van der Waals surface area contributed by atoms with Crippen LogP contribution in [-0.4, -0.2) is 34.4 Å². The number of ether oxygens (including phenoxy) is 2. The first-order chi connectivity index (χ1) is 10.3. The second-order valence-electron chi connectivity index (χ2n) is 4.26. The van der Waals surface area contributed by atoms with Crippen molar-refractivity contribution in [3.8, 4) is 5.88 Å². The number of hydrogen-bond donors (Lipinski definition) is 1. The topological polar surface area (TPSA) is 73.1 Å². The second-order valence-corrected chi connectivity index (χ2v) is 4.26. The Morgan fingerprint density at radius 2 is 2.09 bits per heavy atom. The molecule has 1 N–H and O–H groups in total. The predicted molar refractivity (Wildman–Crippen MR) is 68.6 cm³/mol. The van der Waals surface area contributed by atoms with Crippen molar-refractivity contribution in [1.29, 1.82) is 0 Å². The quantitative estimate of drug-likeness (QED) is 0.873. The van der Waals surface area contributed by atoms with Crippen LogP contribution in [0.1, 0.15) is 28.5 Å². The molecule has 22 heavy (non-hydrogen) atoms. The highest BCUT2D eigenvalue weighted by Crippen LogP contribution is 2.35. The highest BCUT2D eigenvalue weighted by molar-refractivity contribution is 5.99. The van der Waals surface area contributed by atoms with E-state index in [1.54, 1.807) is 0 Å². The van der Waals surface area contributed by atoms with E-state index < -0.39 is 30.0 Å². The Balaban J connectivity index is 2.89. The highest BCUT2D eigenvalue weighted by Gasteiger charge is 2.41. The number of hydrogen-bond acceptors (Lipinski definition) is 5. The Hall–Kier alpha value is -2.29. The fourth-order valence-electron chi connectivity index (χ4n) is 2.07. The van der Waals surface area contributed by atoms with Crippen molar-refractivity contribution in [3.05, 3.63) is 29.0 Å². The first-order valence-corrected chi connectivity index (χ1v) is 6.28. The van der Waals surface area contributed by atoms with E-state index in [0.717, 1.165) is 4.52 Å². The first-order valence-electron chi connectivity index (χ1n) is 6.28. The van der Waals surface area contributed by atoms with Crippen LogP contribution < -0.4 is 4.74 Å². The lowest BCUT2D eigenvalue weighted by atomic mass is 10.1. The number of methoxy groups -OCH3 is 1. The number of aliphatic hydroxyl groups is 1.